The third kappa shape index (κ3) is 3.70. The maximum absolute atomic E-state index is 6.29. The average Bonchev–Trinajstić information content (AvgIpc) is 3.08. The van der Waals surface area contributed by atoms with Crippen LogP contribution < -0.4 is 10.2 Å². The Morgan fingerprint density at radius 1 is 1.11 bits per heavy atom. The van der Waals surface area contributed by atoms with E-state index in [0.717, 1.165) is 66.1 Å². The molecule has 1 N–H and O–H groups in total. The highest BCUT2D eigenvalue weighted by molar-refractivity contribution is 6.31. The molecule has 0 saturated carbocycles. The zero-order valence-corrected chi connectivity index (χ0v) is 16.4. The number of nitrogens with one attached hydrogen (secondary N) is 1. The van der Waals surface area contributed by atoms with Crippen LogP contribution in [0.1, 0.15) is 12.5 Å². The Bertz CT molecular complexity index is 931. The van der Waals surface area contributed by atoms with E-state index in [9.17, 15) is 0 Å². The number of halogens is 1. The minimum Gasteiger partial charge on any atom is -0.365 e. The molecule has 0 atom stereocenters. The highest BCUT2D eigenvalue weighted by Gasteiger charge is 2.20. The Labute approximate surface area is 164 Å². The molecule has 142 valence electrons. The Balaban J connectivity index is 1.62. The lowest BCUT2D eigenvalue weighted by Gasteiger charge is -2.34. The maximum atomic E-state index is 6.29. The number of hydrogen-bond acceptors (Lipinski definition) is 6. The van der Waals surface area contributed by atoms with E-state index in [4.69, 9.17) is 21.6 Å². The van der Waals surface area contributed by atoms with Crippen molar-refractivity contribution in [3.8, 4) is 0 Å². The molecule has 7 nitrogen and oxygen atoms in total. The minimum atomic E-state index is 0.601. The molecule has 1 saturated heterocycles. The van der Waals surface area contributed by atoms with Gasteiger partial charge in [0.25, 0.3) is 0 Å². The van der Waals surface area contributed by atoms with Gasteiger partial charge in [-0.05, 0) is 18.2 Å². The van der Waals surface area contributed by atoms with Crippen LogP contribution in [0.15, 0.2) is 30.5 Å². The fourth-order valence-electron chi connectivity index (χ4n) is 3.37. The Morgan fingerprint density at radius 2 is 1.89 bits per heavy atom. The molecule has 3 heterocycles. The van der Waals surface area contributed by atoms with Gasteiger partial charge in [0, 0.05) is 44.8 Å². The summed E-state index contributed by atoms with van der Waals surface area (Å²) in [6, 6.07) is 7.84. The highest BCUT2D eigenvalue weighted by atomic mass is 35.5. The molecule has 27 heavy (non-hydrogen) atoms. The van der Waals surface area contributed by atoms with E-state index < -0.39 is 0 Å². The zero-order valence-electron chi connectivity index (χ0n) is 15.7. The fraction of sp³-hybridized carbons (Fsp3) is 0.421. The van der Waals surface area contributed by atoms with Crippen molar-refractivity contribution in [2.75, 3.05) is 42.9 Å². The second-order valence-electron chi connectivity index (χ2n) is 6.74. The molecule has 0 radical (unpaired) electrons. The van der Waals surface area contributed by atoms with Gasteiger partial charge in [-0.15, -0.1) is 0 Å². The third-order valence-corrected chi connectivity index (χ3v) is 5.46. The van der Waals surface area contributed by atoms with Gasteiger partial charge in [-0.2, -0.15) is 15.1 Å². The Kier molecular flexibility index (Phi) is 5.13. The lowest BCUT2D eigenvalue weighted by molar-refractivity contribution is 0.270. The summed E-state index contributed by atoms with van der Waals surface area (Å²) >= 11 is 6.29. The number of fused-ring (bicyclic) bond motifs is 1. The molecular weight excluding hydrogens is 362 g/mol. The Hall–Kier alpha value is -2.38. The van der Waals surface area contributed by atoms with Crippen LogP contribution in [0.25, 0.3) is 11.0 Å². The predicted octanol–water partition coefficient (Wildman–Crippen LogP) is 2.77. The third-order valence-electron chi connectivity index (χ3n) is 5.09. The first-order valence-corrected chi connectivity index (χ1v) is 9.68. The average molecular weight is 386 g/mol. The van der Waals surface area contributed by atoms with Crippen molar-refractivity contribution >= 4 is 34.4 Å². The number of aryl methyl sites for hydroxylation is 1. The van der Waals surface area contributed by atoms with Gasteiger partial charge < -0.3 is 15.1 Å². The first-order chi connectivity index (χ1) is 13.2. The van der Waals surface area contributed by atoms with E-state index in [2.05, 4.69) is 27.1 Å². The van der Waals surface area contributed by atoms with E-state index in [1.807, 2.05) is 37.5 Å². The van der Waals surface area contributed by atoms with Gasteiger partial charge in [0.1, 0.15) is 5.82 Å². The summed E-state index contributed by atoms with van der Waals surface area (Å²) in [5.41, 5.74) is 1.87. The van der Waals surface area contributed by atoms with Crippen molar-refractivity contribution in [1.82, 2.24) is 24.6 Å². The summed E-state index contributed by atoms with van der Waals surface area (Å²) in [6.45, 7) is 7.81. The molecule has 3 aromatic rings. The minimum absolute atomic E-state index is 0.601. The molecule has 1 aliphatic rings. The molecular formula is C19H24ClN7. The quantitative estimate of drug-likeness (QED) is 0.728. The van der Waals surface area contributed by atoms with Gasteiger partial charge in [-0.25, -0.2) is 0 Å². The van der Waals surface area contributed by atoms with Crippen molar-refractivity contribution in [2.45, 2.75) is 13.5 Å². The summed E-state index contributed by atoms with van der Waals surface area (Å²) in [4.78, 5) is 14.3. The van der Waals surface area contributed by atoms with Gasteiger partial charge in [0.05, 0.1) is 11.6 Å². The first-order valence-electron chi connectivity index (χ1n) is 9.30. The van der Waals surface area contributed by atoms with Gasteiger partial charge in [0.2, 0.25) is 5.95 Å². The molecule has 2 aromatic heterocycles. The van der Waals surface area contributed by atoms with Crippen molar-refractivity contribution in [3.05, 3.63) is 41.0 Å². The van der Waals surface area contributed by atoms with E-state index >= 15 is 0 Å². The molecule has 1 fully saturated rings. The largest absolute Gasteiger partial charge is 0.365 e. The molecule has 0 aliphatic carbocycles. The summed E-state index contributed by atoms with van der Waals surface area (Å²) in [5.74, 6) is 1.55. The molecule has 0 unspecified atom stereocenters. The van der Waals surface area contributed by atoms with Crippen LogP contribution in [0.3, 0.4) is 0 Å². The summed E-state index contributed by atoms with van der Waals surface area (Å²) in [6.07, 6.45) is 1.81. The molecule has 1 aliphatic heterocycles. The number of likely N-dealkylation sites (N-methyl/N-ethyl adjacent to an activating group) is 1. The van der Waals surface area contributed by atoms with Crippen LogP contribution in [0, 0.1) is 0 Å². The number of rotatable bonds is 5. The lowest BCUT2D eigenvalue weighted by atomic mass is 10.2. The van der Waals surface area contributed by atoms with Crippen LogP contribution in [0.5, 0.6) is 0 Å². The number of aromatic nitrogens is 4. The maximum Gasteiger partial charge on any atom is 0.229 e. The molecule has 8 heteroatoms. The standard InChI is InChI=1S/C19H24ClN7/c1-3-26-8-10-27(11-9-26)19-23-17(15-13-22-25(2)18(15)24-19)21-12-14-6-4-5-7-16(14)20/h4-7,13H,3,8-12H2,1-2H3,(H,21,23,24). The summed E-state index contributed by atoms with van der Waals surface area (Å²) in [7, 11) is 1.91. The fourth-order valence-corrected chi connectivity index (χ4v) is 3.57. The number of hydrogen-bond donors (Lipinski definition) is 1. The normalized spacial score (nSPS) is 15.4. The van der Waals surface area contributed by atoms with Gasteiger partial charge >= 0.3 is 0 Å². The van der Waals surface area contributed by atoms with Crippen LogP contribution in [-0.2, 0) is 13.6 Å². The van der Waals surface area contributed by atoms with E-state index in [1.165, 1.54) is 0 Å². The first kappa shape index (κ1) is 18.0. The lowest BCUT2D eigenvalue weighted by Crippen LogP contribution is -2.46. The highest BCUT2D eigenvalue weighted by Crippen LogP contribution is 2.25. The molecule has 0 bridgehead atoms. The van der Waals surface area contributed by atoms with Crippen molar-refractivity contribution < 1.29 is 0 Å². The number of benzene rings is 1. The number of anilines is 2. The van der Waals surface area contributed by atoms with Gasteiger partial charge in [-0.1, -0.05) is 36.7 Å². The van der Waals surface area contributed by atoms with E-state index in [0.29, 0.717) is 6.54 Å². The SMILES string of the molecule is CCN1CCN(c2nc(NCc3ccccc3Cl)c3cnn(C)c3n2)CC1. The molecule has 0 spiro atoms. The second-order valence-corrected chi connectivity index (χ2v) is 7.15. The Morgan fingerprint density at radius 3 is 2.63 bits per heavy atom. The van der Waals surface area contributed by atoms with Crippen LogP contribution in [0.2, 0.25) is 5.02 Å². The summed E-state index contributed by atoms with van der Waals surface area (Å²) in [5, 5.41) is 9.46. The predicted molar refractivity (Wildman–Crippen MR) is 109 cm³/mol. The van der Waals surface area contributed by atoms with E-state index in [1.54, 1.807) is 4.68 Å². The van der Waals surface area contributed by atoms with Crippen molar-refractivity contribution in [1.29, 1.82) is 0 Å². The van der Waals surface area contributed by atoms with Gasteiger partial charge in [-0.3, -0.25) is 4.68 Å². The number of nitrogens with zero attached hydrogens (tertiary/aromatic N) is 6. The van der Waals surface area contributed by atoms with Crippen molar-refractivity contribution in [3.63, 3.8) is 0 Å². The monoisotopic (exact) mass is 385 g/mol. The molecule has 1 aromatic carbocycles. The van der Waals surface area contributed by atoms with Crippen LogP contribution in [0.4, 0.5) is 11.8 Å². The van der Waals surface area contributed by atoms with Crippen molar-refractivity contribution in [2.24, 2.45) is 7.05 Å². The van der Waals surface area contributed by atoms with Crippen LogP contribution in [-0.4, -0.2) is 57.4 Å². The molecule has 4 rings (SSSR count). The van der Waals surface area contributed by atoms with E-state index in [-0.39, 0.29) is 0 Å². The molecule has 0 amide bonds. The summed E-state index contributed by atoms with van der Waals surface area (Å²) < 4.78 is 1.80. The topological polar surface area (TPSA) is 62.1 Å². The van der Waals surface area contributed by atoms with Gasteiger partial charge in [0.15, 0.2) is 5.65 Å². The second kappa shape index (κ2) is 7.70. The zero-order chi connectivity index (χ0) is 18.8. The van der Waals surface area contributed by atoms with Crippen LogP contribution >= 0.6 is 11.6 Å². The smallest absolute Gasteiger partial charge is 0.229 e. The number of piperazine rings is 1.